The number of alkyl carbamates (subject to hydrolysis) is 1. The number of amides is 3. The molecule has 0 aliphatic carbocycles. The van der Waals surface area contributed by atoms with E-state index in [0.29, 0.717) is 17.1 Å². The van der Waals surface area contributed by atoms with Crippen molar-refractivity contribution in [3.8, 4) is 11.5 Å². The van der Waals surface area contributed by atoms with Gasteiger partial charge >= 0.3 is 6.09 Å². The Bertz CT molecular complexity index is 949. The van der Waals surface area contributed by atoms with E-state index in [4.69, 9.17) is 19.9 Å². The number of carbonyl (C=O) groups excluding carboxylic acids is 3. The average Bonchev–Trinajstić information content (AvgIpc) is 2.78. The third kappa shape index (κ3) is 7.98. The van der Waals surface area contributed by atoms with Crippen molar-refractivity contribution >= 4 is 24.1 Å². The first kappa shape index (κ1) is 24.2. The van der Waals surface area contributed by atoms with Crippen LogP contribution >= 0.6 is 0 Å². The zero-order valence-electron chi connectivity index (χ0n) is 17.9. The highest BCUT2D eigenvalue weighted by Gasteiger charge is 2.21. The van der Waals surface area contributed by atoms with E-state index in [1.165, 1.54) is 13.3 Å². The standard InChI is InChI=1S/C22H26N4O6/c1-3-31-22(29)25-17(11-15-7-5-4-6-8-15)21(28)26-24-13-16-9-10-18(19(12-16)30-2)32-14-20(23)27/h4-10,12-13,17H,3,11,14H2,1-2H3,(H2,23,27)(H,25,29)(H,26,28)/b24-13-/t17-/m1/s1. The minimum atomic E-state index is -0.882. The van der Waals surface area contributed by atoms with Gasteiger partial charge in [-0.2, -0.15) is 5.10 Å². The van der Waals surface area contributed by atoms with Gasteiger partial charge in [-0.25, -0.2) is 10.2 Å². The predicted molar refractivity (Wildman–Crippen MR) is 118 cm³/mol. The molecule has 170 valence electrons. The van der Waals surface area contributed by atoms with E-state index in [1.807, 2.05) is 30.3 Å². The van der Waals surface area contributed by atoms with Crippen molar-refractivity contribution in [2.24, 2.45) is 10.8 Å². The Kier molecular flexibility index (Phi) is 9.51. The molecule has 1 atom stereocenters. The van der Waals surface area contributed by atoms with Gasteiger partial charge in [-0.15, -0.1) is 0 Å². The van der Waals surface area contributed by atoms with Crippen LogP contribution in [0.1, 0.15) is 18.1 Å². The number of primary amides is 1. The smallest absolute Gasteiger partial charge is 0.407 e. The van der Waals surface area contributed by atoms with Crippen molar-refractivity contribution < 1.29 is 28.6 Å². The third-order valence-corrected chi connectivity index (χ3v) is 4.11. The molecule has 10 nitrogen and oxygen atoms in total. The maximum Gasteiger partial charge on any atom is 0.407 e. The Hall–Kier alpha value is -4.08. The van der Waals surface area contributed by atoms with Crippen molar-refractivity contribution in [1.29, 1.82) is 0 Å². The lowest BCUT2D eigenvalue weighted by atomic mass is 10.1. The number of ether oxygens (including phenoxy) is 3. The van der Waals surface area contributed by atoms with Gasteiger partial charge in [-0.3, -0.25) is 9.59 Å². The summed E-state index contributed by atoms with van der Waals surface area (Å²) >= 11 is 0. The monoisotopic (exact) mass is 442 g/mol. The van der Waals surface area contributed by atoms with Gasteiger partial charge in [-0.1, -0.05) is 30.3 Å². The van der Waals surface area contributed by atoms with Crippen LogP contribution in [0.2, 0.25) is 0 Å². The van der Waals surface area contributed by atoms with Crippen LogP contribution in [-0.4, -0.2) is 50.5 Å². The summed E-state index contributed by atoms with van der Waals surface area (Å²) in [6.07, 6.45) is 0.979. The molecule has 2 rings (SSSR count). The molecule has 32 heavy (non-hydrogen) atoms. The topological polar surface area (TPSA) is 141 Å². The molecule has 3 amide bonds. The lowest BCUT2D eigenvalue weighted by Gasteiger charge is -2.16. The summed E-state index contributed by atoms with van der Waals surface area (Å²) in [5.74, 6) is -0.407. The molecule has 0 bridgehead atoms. The molecule has 2 aromatic rings. The highest BCUT2D eigenvalue weighted by Crippen LogP contribution is 2.27. The Labute approximate surface area is 185 Å². The molecule has 0 heterocycles. The van der Waals surface area contributed by atoms with Crippen molar-refractivity contribution in [2.75, 3.05) is 20.3 Å². The molecule has 0 aromatic heterocycles. The lowest BCUT2D eigenvalue weighted by molar-refractivity contribution is -0.123. The first-order valence-corrected chi connectivity index (χ1v) is 9.82. The fourth-order valence-electron chi connectivity index (χ4n) is 2.66. The van der Waals surface area contributed by atoms with E-state index in [2.05, 4.69) is 15.8 Å². The van der Waals surface area contributed by atoms with Crippen LogP contribution in [0.15, 0.2) is 53.6 Å². The van der Waals surface area contributed by atoms with E-state index in [1.54, 1.807) is 25.1 Å². The van der Waals surface area contributed by atoms with Crippen LogP contribution in [0.25, 0.3) is 0 Å². The minimum Gasteiger partial charge on any atom is -0.493 e. The number of hydrogen-bond acceptors (Lipinski definition) is 7. The molecule has 0 aliphatic heterocycles. The molecule has 0 saturated carbocycles. The highest BCUT2D eigenvalue weighted by molar-refractivity contribution is 5.87. The van der Waals surface area contributed by atoms with Crippen LogP contribution in [0.3, 0.4) is 0 Å². The van der Waals surface area contributed by atoms with Gasteiger partial charge in [0.2, 0.25) is 0 Å². The number of rotatable bonds is 11. The summed E-state index contributed by atoms with van der Waals surface area (Å²) in [5.41, 5.74) is 8.96. The summed E-state index contributed by atoms with van der Waals surface area (Å²) in [6, 6.07) is 13.2. The predicted octanol–water partition coefficient (Wildman–Crippen LogP) is 1.37. The van der Waals surface area contributed by atoms with Gasteiger partial charge in [0.15, 0.2) is 18.1 Å². The summed E-state index contributed by atoms with van der Waals surface area (Å²) in [5, 5.41) is 6.49. The Morgan fingerprint density at radius 1 is 1.12 bits per heavy atom. The number of nitrogens with zero attached hydrogens (tertiary/aromatic N) is 1. The van der Waals surface area contributed by atoms with Crippen molar-refractivity contribution in [3.63, 3.8) is 0 Å². The van der Waals surface area contributed by atoms with Crippen molar-refractivity contribution in [1.82, 2.24) is 10.7 Å². The van der Waals surface area contributed by atoms with Gasteiger partial charge in [0.1, 0.15) is 6.04 Å². The number of hydrogen-bond donors (Lipinski definition) is 3. The average molecular weight is 442 g/mol. The fourth-order valence-corrected chi connectivity index (χ4v) is 2.66. The van der Waals surface area contributed by atoms with Gasteiger partial charge in [0.05, 0.1) is 19.9 Å². The third-order valence-electron chi connectivity index (χ3n) is 4.11. The number of nitrogens with one attached hydrogen (secondary N) is 2. The normalized spacial score (nSPS) is 11.4. The molecule has 0 aliphatic rings. The van der Waals surface area contributed by atoms with Gasteiger partial charge in [0.25, 0.3) is 11.8 Å². The molecule has 0 spiro atoms. The zero-order chi connectivity index (χ0) is 23.3. The number of methoxy groups -OCH3 is 1. The highest BCUT2D eigenvalue weighted by atomic mass is 16.5. The van der Waals surface area contributed by atoms with Crippen LogP contribution in [0, 0.1) is 0 Å². The molecule has 0 unspecified atom stereocenters. The quantitative estimate of drug-likeness (QED) is 0.354. The van der Waals surface area contributed by atoms with E-state index in [0.717, 1.165) is 5.56 Å². The van der Waals surface area contributed by atoms with E-state index in [-0.39, 0.29) is 19.6 Å². The Morgan fingerprint density at radius 2 is 1.88 bits per heavy atom. The maximum absolute atomic E-state index is 12.6. The molecular weight excluding hydrogens is 416 g/mol. The molecule has 0 saturated heterocycles. The van der Waals surface area contributed by atoms with Gasteiger partial charge in [-0.05, 0) is 36.2 Å². The number of hydrazone groups is 1. The SMILES string of the molecule is CCOC(=O)N[C@H](Cc1ccccc1)C(=O)N/N=C\c1ccc(OCC(N)=O)c(OC)c1. The fraction of sp³-hybridized carbons (Fsp3) is 0.273. The van der Waals surface area contributed by atoms with Crippen molar-refractivity contribution in [3.05, 3.63) is 59.7 Å². The zero-order valence-corrected chi connectivity index (χ0v) is 17.9. The second-order valence-electron chi connectivity index (χ2n) is 6.51. The number of carbonyl (C=O) groups is 3. The molecule has 10 heteroatoms. The number of benzene rings is 2. The van der Waals surface area contributed by atoms with Gasteiger partial charge in [0, 0.05) is 6.42 Å². The molecule has 0 fully saturated rings. The van der Waals surface area contributed by atoms with Crippen LogP contribution in [0.5, 0.6) is 11.5 Å². The van der Waals surface area contributed by atoms with Crippen molar-refractivity contribution in [2.45, 2.75) is 19.4 Å². The molecule has 0 radical (unpaired) electrons. The van der Waals surface area contributed by atoms with Crippen LogP contribution in [0.4, 0.5) is 4.79 Å². The second-order valence-corrected chi connectivity index (χ2v) is 6.51. The largest absolute Gasteiger partial charge is 0.493 e. The van der Waals surface area contributed by atoms with Crippen LogP contribution in [-0.2, 0) is 20.7 Å². The Balaban J connectivity index is 2.05. The number of nitrogens with two attached hydrogens (primary N) is 1. The van der Waals surface area contributed by atoms with Gasteiger partial charge < -0.3 is 25.3 Å². The summed E-state index contributed by atoms with van der Waals surface area (Å²) in [7, 11) is 1.45. The first-order valence-electron chi connectivity index (χ1n) is 9.82. The lowest BCUT2D eigenvalue weighted by Crippen LogP contribution is -2.47. The molecule has 2 aromatic carbocycles. The van der Waals surface area contributed by atoms with E-state index in [9.17, 15) is 14.4 Å². The first-order chi connectivity index (χ1) is 15.4. The van der Waals surface area contributed by atoms with E-state index >= 15 is 0 Å². The summed E-state index contributed by atoms with van der Waals surface area (Å²) < 4.78 is 15.4. The van der Waals surface area contributed by atoms with Crippen LogP contribution < -0.4 is 25.9 Å². The maximum atomic E-state index is 12.6. The second kappa shape index (κ2) is 12.6. The Morgan fingerprint density at radius 3 is 2.53 bits per heavy atom. The minimum absolute atomic E-state index is 0.185. The molecular formula is C22H26N4O6. The van der Waals surface area contributed by atoms with E-state index < -0.39 is 23.9 Å². The summed E-state index contributed by atoms with van der Waals surface area (Å²) in [4.78, 5) is 35.3. The molecule has 4 N–H and O–H groups in total. The summed E-state index contributed by atoms with van der Waals surface area (Å²) in [6.45, 7) is 1.58.